The van der Waals surface area contributed by atoms with E-state index in [0.717, 1.165) is 18.2 Å². The van der Waals surface area contributed by atoms with Crippen LogP contribution in [0.1, 0.15) is 38.4 Å². The highest BCUT2D eigenvalue weighted by molar-refractivity contribution is 6.29. The van der Waals surface area contributed by atoms with Crippen LogP contribution in [0.4, 0.5) is 5.82 Å². The molecule has 1 fully saturated rings. The van der Waals surface area contributed by atoms with E-state index in [2.05, 4.69) is 35.8 Å². The maximum atomic E-state index is 6.02. The second-order valence-electron chi connectivity index (χ2n) is 4.96. The van der Waals surface area contributed by atoms with Crippen LogP contribution in [-0.2, 0) is 0 Å². The van der Waals surface area contributed by atoms with Crippen LogP contribution >= 0.6 is 11.6 Å². The summed E-state index contributed by atoms with van der Waals surface area (Å²) in [5.41, 5.74) is 0. The first-order valence-electron chi connectivity index (χ1n) is 5.82. The lowest BCUT2D eigenvalue weighted by Crippen LogP contribution is -2.24. The van der Waals surface area contributed by atoms with Crippen LogP contribution in [0.2, 0.25) is 5.15 Å². The molecule has 0 bridgehead atoms. The molecule has 0 amide bonds. The molecule has 1 saturated carbocycles. The van der Waals surface area contributed by atoms with Gasteiger partial charge in [-0.3, -0.25) is 0 Å². The molecule has 16 heavy (non-hydrogen) atoms. The molecule has 2 rings (SSSR count). The van der Waals surface area contributed by atoms with E-state index in [1.807, 2.05) is 6.07 Å². The first-order valence-corrected chi connectivity index (χ1v) is 6.19. The molecular weight excluding hydrogens is 222 g/mol. The Bertz CT molecular complexity index is 375. The number of anilines is 1. The predicted molar refractivity (Wildman–Crippen MR) is 67.1 cm³/mol. The molecule has 1 aromatic rings. The lowest BCUT2D eigenvalue weighted by molar-refractivity contribution is 0.633. The number of nitrogens with zero attached hydrogens (tertiary/aromatic N) is 3. The Hall–Kier alpha value is -0.830. The molecule has 88 valence electrons. The molecule has 3 nitrogen and oxygen atoms in total. The van der Waals surface area contributed by atoms with Crippen molar-refractivity contribution in [3.05, 3.63) is 17.0 Å². The van der Waals surface area contributed by atoms with Crippen molar-refractivity contribution in [2.75, 3.05) is 18.5 Å². The summed E-state index contributed by atoms with van der Waals surface area (Å²) < 4.78 is 0. The fourth-order valence-corrected chi connectivity index (χ4v) is 1.97. The summed E-state index contributed by atoms with van der Waals surface area (Å²) in [4.78, 5) is 11.0. The van der Waals surface area contributed by atoms with Gasteiger partial charge in [-0.05, 0) is 18.8 Å². The normalized spacial score (nSPS) is 15.6. The molecule has 0 N–H and O–H groups in total. The van der Waals surface area contributed by atoms with E-state index >= 15 is 0 Å². The molecule has 1 aromatic heterocycles. The SMILES string of the molecule is CC(C)CN(C)c1cc(Cl)nc(C2CC2)n1. The van der Waals surface area contributed by atoms with E-state index in [1.165, 1.54) is 12.8 Å². The maximum Gasteiger partial charge on any atom is 0.135 e. The highest BCUT2D eigenvalue weighted by Crippen LogP contribution is 2.39. The Morgan fingerprint density at radius 1 is 1.44 bits per heavy atom. The zero-order valence-electron chi connectivity index (χ0n) is 10.1. The molecule has 1 aliphatic rings. The van der Waals surface area contributed by atoms with Crippen molar-refractivity contribution in [2.24, 2.45) is 5.92 Å². The minimum Gasteiger partial charge on any atom is -0.359 e. The number of hydrogen-bond acceptors (Lipinski definition) is 3. The second-order valence-corrected chi connectivity index (χ2v) is 5.34. The van der Waals surface area contributed by atoms with Gasteiger partial charge in [-0.15, -0.1) is 0 Å². The molecule has 0 radical (unpaired) electrons. The summed E-state index contributed by atoms with van der Waals surface area (Å²) in [5, 5.41) is 0.558. The van der Waals surface area contributed by atoms with E-state index in [1.54, 1.807) is 0 Å². The third-order valence-electron chi connectivity index (χ3n) is 2.67. The van der Waals surface area contributed by atoms with Crippen LogP contribution < -0.4 is 4.90 Å². The topological polar surface area (TPSA) is 29.0 Å². The van der Waals surface area contributed by atoms with Gasteiger partial charge in [-0.1, -0.05) is 25.4 Å². The zero-order valence-corrected chi connectivity index (χ0v) is 10.8. The standard InChI is InChI=1S/C12H18ClN3/c1-8(2)7-16(3)11-6-10(13)14-12(15-11)9-4-5-9/h6,8-9H,4-5,7H2,1-3H3. The van der Waals surface area contributed by atoms with Crippen molar-refractivity contribution in [1.29, 1.82) is 0 Å². The van der Waals surface area contributed by atoms with Crippen LogP contribution in [-0.4, -0.2) is 23.6 Å². The second kappa shape index (κ2) is 4.58. The van der Waals surface area contributed by atoms with Crippen LogP contribution in [0.3, 0.4) is 0 Å². The number of halogens is 1. The van der Waals surface area contributed by atoms with Gasteiger partial charge in [0, 0.05) is 25.6 Å². The van der Waals surface area contributed by atoms with E-state index in [9.17, 15) is 0 Å². The minimum absolute atomic E-state index is 0.546. The highest BCUT2D eigenvalue weighted by atomic mass is 35.5. The molecule has 0 saturated heterocycles. The third kappa shape index (κ3) is 2.85. The molecular formula is C12H18ClN3. The number of aromatic nitrogens is 2. The molecule has 0 atom stereocenters. The smallest absolute Gasteiger partial charge is 0.135 e. The molecule has 4 heteroatoms. The zero-order chi connectivity index (χ0) is 11.7. The lowest BCUT2D eigenvalue weighted by Gasteiger charge is -2.20. The molecule has 0 aliphatic heterocycles. The maximum absolute atomic E-state index is 6.02. The molecule has 0 aromatic carbocycles. The van der Waals surface area contributed by atoms with Gasteiger partial charge in [-0.25, -0.2) is 9.97 Å². The van der Waals surface area contributed by atoms with Crippen molar-refractivity contribution in [3.63, 3.8) is 0 Å². The average molecular weight is 240 g/mol. The van der Waals surface area contributed by atoms with Gasteiger partial charge in [0.05, 0.1) is 0 Å². The van der Waals surface area contributed by atoms with Crippen LogP contribution in [0.25, 0.3) is 0 Å². The summed E-state index contributed by atoms with van der Waals surface area (Å²) in [6.45, 7) is 5.37. The fraction of sp³-hybridized carbons (Fsp3) is 0.667. The first-order chi connectivity index (χ1) is 7.56. The largest absolute Gasteiger partial charge is 0.359 e. The molecule has 1 heterocycles. The van der Waals surface area contributed by atoms with E-state index in [4.69, 9.17) is 11.6 Å². The van der Waals surface area contributed by atoms with Gasteiger partial charge in [-0.2, -0.15) is 0 Å². The first kappa shape index (κ1) is 11.6. The average Bonchev–Trinajstić information content (AvgIpc) is 2.98. The Kier molecular flexibility index (Phi) is 3.33. The minimum atomic E-state index is 0.546. The molecule has 1 aliphatic carbocycles. The Labute approximate surface area is 102 Å². The Morgan fingerprint density at radius 2 is 2.12 bits per heavy atom. The van der Waals surface area contributed by atoms with Gasteiger partial charge in [0.1, 0.15) is 16.8 Å². The quantitative estimate of drug-likeness (QED) is 0.756. The summed E-state index contributed by atoms with van der Waals surface area (Å²) >= 11 is 6.02. The van der Waals surface area contributed by atoms with Crippen molar-refractivity contribution in [3.8, 4) is 0 Å². The van der Waals surface area contributed by atoms with Gasteiger partial charge in [0.15, 0.2) is 0 Å². The summed E-state index contributed by atoms with van der Waals surface area (Å²) in [5.74, 6) is 3.02. The third-order valence-corrected chi connectivity index (χ3v) is 2.86. The van der Waals surface area contributed by atoms with Crippen LogP contribution in [0.15, 0.2) is 6.07 Å². The fourth-order valence-electron chi connectivity index (χ4n) is 1.78. The Balaban J connectivity index is 2.19. The lowest BCUT2D eigenvalue weighted by atomic mass is 10.2. The van der Waals surface area contributed by atoms with Gasteiger partial charge >= 0.3 is 0 Å². The van der Waals surface area contributed by atoms with Gasteiger partial charge in [0.25, 0.3) is 0 Å². The number of hydrogen-bond donors (Lipinski definition) is 0. The van der Waals surface area contributed by atoms with Crippen molar-refractivity contribution in [1.82, 2.24) is 9.97 Å². The van der Waals surface area contributed by atoms with Gasteiger partial charge in [0.2, 0.25) is 0 Å². The van der Waals surface area contributed by atoms with E-state index in [0.29, 0.717) is 17.0 Å². The molecule has 0 spiro atoms. The number of rotatable bonds is 4. The van der Waals surface area contributed by atoms with Crippen LogP contribution in [0.5, 0.6) is 0 Å². The monoisotopic (exact) mass is 239 g/mol. The summed E-state index contributed by atoms with van der Waals surface area (Å²) in [7, 11) is 2.05. The van der Waals surface area contributed by atoms with E-state index < -0.39 is 0 Å². The van der Waals surface area contributed by atoms with Gasteiger partial charge < -0.3 is 4.90 Å². The van der Waals surface area contributed by atoms with Crippen molar-refractivity contribution in [2.45, 2.75) is 32.6 Å². The molecule has 0 unspecified atom stereocenters. The van der Waals surface area contributed by atoms with E-state index in [-0.39, 0.29) is 0 Å². The van der Waals surface area contributed by atoms with Crippen LogP contribution in [0, 0.1) is 5.92 Å². The summed E-state index contributed by atoms with van der Waals surface area (Å²) in [6, 6.07) is 1.84. The highest BCUT2D eigenvalue weighted by Gasteiger charge is 2.27. The van der Waals surface area contributed by atoms with Crippen molar-refractivity contribution >= 4 is 17.4 Å². The predicted octanol–water partition coefficient (Wildman–Crippen LogP) is 3.10. The Morgan fingerprint density at radius 3 is 2.69 bits per heavy atom. The van der Waals surface area contributed by atoms with Crippen molar-refractivity contribution < 1.29 is 0 Å². The summed E-state index contributed by atoms with van der Waals surface area (Å²) in [6.07, 6.45) is 2.40.